The smallest absolute Gasteiger partial charge is 0.203 e. The molecule has 94 valence electrons. The highest BCUT2D eigenvalue weighted by atomic mass is 19.2. The molecule has 0 bridgehead atoms. The number of halogens is 4. The molecule has 0 heterocycles. The van der Waals surface area contributed by atoms with Crippen LogP contribution in [0.2, 0.25) is 0 Å². The highest BCUT2D eigenvalue weighted by Gasteiger charge is 2.46. The van der Waals surface area contributed by atoms with Gasteiger partial charge in [0.05, 0.1) is 0 Å². The van der Waals surface area contributed by atoms with Crippen molar-refractivity contribution in [3.05, 3.63) is 29.3 Å². The van der Waals surface area contributed by atoms with Gasteiger partial charge in [0, 0.05) is 12.6 Å². The van der Waals surface area contributed by atoms with Crippen LogP contribution in [0, 0.1) is 23.3 Å². The second-order valence-electron chi connectivity index (χ2n) is 4.11. The molecule has 6 heteroatoms. The summed E-state index contributed by atoms with van der Waals surface area (Å²) in [7, 11) is 1.66. The highest BCUT2D eigenvalue weighted by molar-refractivity contribution is 5.30. The fourth-order valence-electron chi connectivity index (χ4n) is 1.63. The van der Waals surface area contributed by atoms with Crippen LogP contribution < -0.4 is 10.1 Å². The first kappa shape index (κ1) is 12.2. The Kier molecular flexibility index (Phi) is 2.99. The maximum atomic E-state index is 13.3. The SMILES string of the molecule is CNCC1(Oc2c(F)c(F)cc(F)c2F)CC1. The van der Waals surface area contributed by atoms with Crippen LogP contribution in [0.4, 0.5) is 17.6 Å². The van der Waals surface area contributed by atoms with E-state index in [4.69, 9.17) is 4.74 Å². The van der Waals surface area contributed by atoms with E-state index in [1.807, 2.05) is 0 Å². The van der Waals surface area contributed by atoms with Gasteiger partial charge in [-0.3, -0.25) is 0 Å². The lowest BCUT2D eigenvalue weighted by molar-refractivity contribution is 0.157. The second kappa shape index (κ2) is 4.18. The molecule has 2 nitrogen and oxygen atoms in total. The average Bonchev–Trinajstić information content (AvgIpc) is 3.03. The van der Waals surface area contributed by atoms with Crippen molar-refractivity contribution in [1.29, 1.82) is 0 Å². The molecule has 1 N–H and O–H groups in total. The van der Waals surface area contributed by atoms with E-state index in [0.717, 1.165) is 0 Å². The lowest BCUT2D eigenvalue weighted by Crippen LogP contribution is -2.32. The molecule has 0 radical (unpaired) electrons. The summed E-state index contributed by atoms with van der Waals surface area (Å²) in [6.45, 7) is 0.365. The van der Waals surface area contributed by atoms with Crippen LogP contribution >= 0.6 is 0 Å². The Balaban J connectivity index is 2.32. The van der Waals surface area contributed by atoms with Crippen molar-refractivity contribution in [3.8, 4) is 5.75 Å². The summed E-state index contributed by atoms with van der Waals surface area (Å²) in [6.07, 6.45) is 1.18. The maximum Gasteiger partial charge on any atom is 0.203 e. The first-order valence-corrected chi connectivity index (χ1v) is 5.16. The van der Waals surface area contributed by atoms with Gasteiger partial charge in [0.25, 0.3) is 0 Å². The predicted octanol–water partition coefficient (Wildman–Crippen LogP) is 2.37. The van der Waals surface area contributed by atoms with Crippen molar-refractivity contribution in [2.75, 3.05) is 13.6 Å². The quantitative estimate of drug-likeness (QED) is 0.653. The van der Waals surface area contributed by atoms with Gasteiger partial charge in [0.2, 0.25) is 11.6 Å². The van der Waals surface area contributed by atoms with Gasteiger partial charge in [-0.25, -0.2) is 8.78 Å². The molecule has 0 atom stereocenters. The van der Waals surface area contributed by atoms with Crippen LogP contribution in [-0.4, -0.2) is 19.2 Å². The van der Waals surface area contributed by atoms with E-state index >= 15 is 0 Å². The molecule has 1 aromatic carbocycles. The normalized spacial score (nSPS) is 17.0. The van der Waals surface area contributed by atoms with Crippen molar-refractivity contribution in [2.24, 2.45) is 0 Å². The van der Waals surface area contributed by atoms with Crippen LogP contribution in [0.25, 0.3) is 0 Å². The molecule has 0 spiro atoms. The molecule has 0 unspecified atom stereocenters. The van der Waals surface area contributed by atoms with Gasteiger partial charge in [-0.2, -0.15) is 8.78 Å². The summed E-state index contributed by atoms with van der Waals surface area (Å²) in [5, 5.41) is 2.80. The first-order valence-electron chi connectivity index (χ1n) is 5.16. The van der Waals surface area contributed by atoms with Gasteiger partial charge in [-0.1, -0.05) is 0 Å². The van der Waals surface area contributed by atoms with E-state index in [2.05, 4.69) is 5.32 Å². The average molecular weight is 249 g/mol. The molecule has 0 amide bonds. The third-order valence-electron chi connectivity index (χ3n) is 2.70. The number of benzene rings is 1. The summed E-state index contributed by atoms with van der Waals surface area (Å²) in [5.74, 6) is -6.88. The van der Waals surface area contributed by atoms with E-state index < -0.39 is 34.6 Å². The lowest BCUT2D eigenvalue weighted by atomic mass is 10.2. The Labute approximate surface area is 95.6 Å². The fourth-order valence-corrected chi connectivity index (χ4v) is 1.63. The van der Waals surface area contributed by atoms with Crippen LogP contribution in [0.15, 0.2) is 6.07 Å². The lowest BCUT2D eigenvalue weighted by Gasteiger charge is -2.18. The number of hydrogen-bond donors (Lipinski definition) is 1. The van der Waals surface area contributed by atoms with Gasteiger partial charge >= 0.3 is 0 Å². The van der Waals surface area contributed by atoms with Crippen molar-refractivity contribution in [3.63, 3.8) is 0 Å². The van der Waals surface area contributed by atoms with E-state index in [9.17, 15) is 17.6 Å². The third-order valence-corrected chi connectivity index (χ3v) is 2.70. The van der Waals surface area contributed by atoms with Gasteiger partial charge in [0.1, 0.15) is 5.60 Å². The monoisotopic (exact) mass is 249 g/mol. The Bertz CT molecular complexity index is 419. The number of ether oxygens (including phenoxy) is 1. The number of nitrogens with one attached hydrogen (secondary N) is 1. The highest BCUT2D eigenvalue weighted by Crippen LogP contribution is 2.41. The molecule has 0 aliphatic heterocycles. The predicted molar refractivity (Wildman–Crippen MR) is 52.8 cm³/mol. The minimum absolute atomic E-state index is 0.162. The second-order valence-corrected chi connectivity index (χ2v) is 4.11. The van der Waals surface area contributed by atoms with Crippen molar-refractivity contribution < 1.29 is 22.3 Å². The standard InChI is InChI=1S/C11H11F4NO/c1-16-5-11(2-3-11)17-10-8(14)6(12)4-7(13)9(10)15/h4,16H,2-3,5H2,1H3. The van der Waals surface area contributed by atoms with E-state index in [1.54, 1.807) is 7.05 Å². The van der Waals surface area contributed by atoms with Crippen molar-refractivity contribution >= 4 is 0 Å². The molecule has 0 saturated heterocycles. The van der Waals surface area contributed by atoms with Gasteiger partial charge in [-0.05, 0) is 19.9 Å². The summed E-state index contributed by atoms with van der Waals surface area (Å²) in [4.78, 5) is 0. The minimum Gasteiger partial charge on any atom is -0.480 e. The van der Waals surface area contributed by atoms with Gasteiger partial charge < -0.3 is 10.1 Å². The molecular formula is C11H11F4NO. The molecule has 1 aliphatic rings. The molecule has 1 saturated carbocycles. The third kappa shape index (κ3) is 2.22. The molecule has 1 aromatic rings. The van der Waals surface area contributed by atoms with Crippen LogP contribution in [0.5, 0.6) is 5.75 Å². The number of rotatable bonds is 4. The summed E-state index contributed by atoms with van der Waals surface area (Å²) in [5.41, 5.74) is -0.753. The van der Waals surface area contributed by atoms with Gasteiger partial charge in [-0.15, -0.1) is 0 Å². The number of hydrogen-bond acceptors (Lipinski definition) is 2. The maximum absolute atomic E-state index is 13.3. The van der Waals surface area contributed by atoms with E-state index in [1.165, 1.54) is 0 Å². The zero-order valence-corrected chi connectivity index (χ0v) is 9.12. The first-order chi connectivity index (χ1) is 7.99. The molecule has 1 aliphatic carbocycles. The zero-order valence-electron chi connectivity index (χ0n) is 9.12. The topological polar surface area (TPSA) is 21.3 Å². The van der Waals surface area contributed by atoms with Crippen LogP contribution in [-0.2, 0) is 0 Å². The molecule has 17 heavy (non-hydrogen) atoms. The molecule has 0 aromatic heterocycles. The molecule has 2 rings (SSSR count). The Morgan fingerprint density at radius 2 is 1.71 bits per heavy atom. The Morgan fingerprint density at radius 3 is 2.12 bits per heavy atom. The van der Waals surface area contributed by atoms with E-state index in [0.29, 0.717) is 19.4 Å². The van der Waals surface area contributed by atoms with Crippen molar-refractivity contribution in [1.82, 2.24) is 5.32 Å². The largest absolute Gasteiger partial charge is 0.480 e. The summed E-state index contributed by atoms with van der Waals surface area (Å²) in [6, 6.07) is 0.162. The minimum atomic E-state index is -1.49. The zero-order chi connectivity index (χ0) is 12.6. The van der Waals surface area contributed by atoms with Crippen molar-refractivity contribution in [2.45, 2.75) is 18.4 Å². The molecular weight excluding hydrogens is 238 g/mol. The van der Waals surface area contributed by atoms with Crippen LogP contribution in [0.1, 0.15) is 12.8 Å². The Morgan fingerprint density at radius 1 is 1.18 bits per heavy atom. The number of likely N-dealkylation sites (N-methyl/N-ethyl adjacent to an activating group) is 1. The fraction of sp³-hybridized carbons (Fsp3) is 0.455. The van der Waals surface area contributed by atoms with Crippen LogP contribution in [0.3, 0.4) is 0 Å². The summed E-state index contributed by atoms with van der Waals surface area (Å²) >= 11 is 0. The van der Waals surface area contributed by atoms with E-state index in [-0.39, 0.29) is 6.07 Å². The molecule has 1 fully saturated rings. The summed E-state index contributed by atoms with van der Waals surface area (Å²) < 4.78 is 57.6. The van der Waals surface area contributed by atoms with Gasteiger partial charge in [0.15, 0.2) is 17.4 Å². The Hall–Kier alpha value is -1.30.